The number of rotatable bonds is 2. The standard InChI is InChI=1S/C11H23NO2/c1-9-5-7-12(8-6-9)10(13)14-11(2,3)4/h9-10,13H,5-8H2,1-4H3. The first-order chi connectivity index (χ1) is 6.38. The highest BCUT2D eigenvalue weighted by Crippen LogP contribution is 2.20. The molecule has 1 heterocycles. The van der Waals surface area contributed by atoms with E-state index < -0.39 is 6.41 Å². The van der Waals surface area contributed by atoms with Gasteiger partial charge in [0, 0.05) is 13.1 Å². The molecule has 84 valence electrons. The fourth-order valence-corrected chi connectivity index (χ4v) is 1.64. The van der Waals surface area contributed by atoms with E-state index in [1.54, 1.807) is 0 Å². The molecule has 3 heteroatoms. The van der Waals surface area contributed by atoms with Crippen molar-refractivity contribution in [3.05, 3.63) is 0 Å². The fourth-order valence-electron chi connectivity index (χ4n) is 1.64. The van der Waals surface area contributed by atoms with Crippen LogP contribution in [-0.2, 0) is 4.74 Å². The van der Waals surface area contributed by atoms with E-state index in [4.69, 9.17) is 4.74 Å². The quantitative estimate of drug-likeness (QED) is 0.692. The summed E-state index contributed by atoms with van der Waals surface area (Å²) in [6.07, 6.45) is 1.58. The van der Waals surface area contributed by atoms with Crippen molar-refractivity contribution in [3.8, 4) is 0 Å². The van der Waals surface area contributed by atoms with E-state index in [0.717, 1.165) is 31.8 Å². The molecule has 0 spiro atoms. The lowest BCUT2D eigenvalue weighted by atomic mass is 10.00. The van der Waals surface area contributed by atoms with Gasteiger partial charge in [-0.2, -0.15) is 0 Å². The average molecular weight is 201 g/mol. The Bertz CT molecular complexity index is 169. The van der Waals surface area contributed by atoms with Crippen molar-refractivity contribution >= 4 is 0 Å². The highest BCUT2D eigenvalue weighted by Gasteiger charge is 2.25. The molecular formula is C11H23NO2. The minimum atomic E-state index is -0.734. The number of hydrogen-bond donors (Lipinski definition) is 1. The van der Waals surface area contributed by atoms with Crippen molar-refractivity contribution in [3.63, 3.8) is 0 Å². The molecule has 1 aliphatic heterocycles. The first kappa shape index (κ1) is 12.0. The summed E-state index contributed by atoms with van der Waals surface area (Å²) in [7, 11) is 0. The first-order valence-electron chi connectivity index (χ1n) is 5.48. The Morgan fingerprint density at radius 3 is 2.21 bits per heavy atom. The Hall–Kier alpha value is -0.120. The maximum atomic E-state index is 9.80. The average Bonchev–Trinajstić information content (AvgIpc) is 2.02. The number of likely N-dealkylation sites (tertiary alicyclic amines) is 1. The third-order valence-corrected chi connectivity index (χ3v) is 2.59. The Morgan fingerprint density at radius 2 is 1.79 bits per heavy atom. The van der Waals surface area contributed by atoms with Crippen LogP contribution in [0.2, 0.25) is 0 Å². The van der Waals surface area contributed by atoms with E-state index in [2.05, 4.69) is 6.92 Å². The molecule has 1 rings (SSSR count). The Labute approximate surface area is 87.1 Å². The fraction of sp³-hybridized carbons (Fsp3) is 1.00. The van der Waals surface area contributed by atoms with Gasteiger partial charge in [0.2, 0.25) is 6.41 Å². The number of aliphatic hydroxyl groups excluding tert-OH is 1. The molecule has 0 radical (unpaired) electrons. The van der Waals surface area contributed by atoms with E-state index in [-0.39, 0.29) is 5.60 Å². The second-order valence-electron chi connectivity index (χ2n) is 5.28. The van der Waals surface area contributed by atoms with Crippen molar-refractivity contribution in [1.82, 2.24) is 4.90 Å². The molecule has 0 aromatic carbocycles. The van der Waals surface area contributed by atoms with Crippen LogP contribution in [0.1, 0.15) is 40.5 Å². The molecular weight excluding hydrogens is 178 g/mol. The summed E-state index contributed by atoms with van der Waals surface area (Å²) in [6.45, 7) is 10.0. The van der Waals surface area contributed by atoms with E-state index in [1.807, 2.05) is 25.7 Å². The van der Waals surface area contributed by atoms with Crippen molar-refractivity contribution < 1.29 is 9.84 Å². The zero-order valence-electron chi connectivity index (χ0n) is 9.79. The van der Waals surface area contributed by atoms with Crippen LogP contribution in [0.25, 0.3) is 0 Å². The van der Waals surface area contributed by atoms with E-state index in [9.17, 15) is 5.11 Å². The van der Waals surface area contributed by atoms with Gasteiger partial charge in [0.1, 0.15) is 0 Å². The van der Waals surface area contributed by atoms with Crippen molar-refractivity contribution in [2.24, 2.45) is 5.92 Å². The molecule has 0 bridgehead atoms. The summed E-state index contributed by atoms with van der Waals surface area (Å²) in [4.78, 5) is 2.01. The molecule has 1 N–H and O–H groups in total. The van der Waals surface area contributed by atoms with Crippen LogP contribution in [0.3, 0.4) is 0 Å². The highest BCUT2D eigenvalue weighted by molar-refractivity contribution is 4.70. The number of hydrogen-bond acceptors (Lipinski definition) is 3. The highest BCUT2D eigenvalue weighted by atomic mass is 16.6. The lowest BCUT2D eigenvalue weighted by Crippen LogP contribution is -2.45. The van der Waals surface area contributed by atoms with Gasteiger partial charge in [0.05, 0.1) is 5.60 Å². The van der Waals surface area contributed by atoms with Gasteiger partial charge in [-0.1, -0.05) is 6.92 Å². The molecule has 14 heavy (non-hydrogen) atoms. The number of aliphatic hydroxyl groups is 1. The lowest BCUT2D eigenvalue weighted by Gasteiger charge is -2.36. The van der Waals surface area contributed by atoms with Crippen LogP contribution >= 0.6 is 0 Å². The molecule has 1 saturated heterocycles. The molecule has 0 saturated carbocycles. The molecule has 3 nitrogen and oxygen atoms in total. The van der Waals surface area contributed by atoms with Gasteiger partial charge in [0.25, 0.3) is 0 Å². The maximum Gasteiger partial charge on any atom is 0.216 e. The van der Waals surface area contributed by atoms with Gasteiger partial charge < -0.3 is 9.84 Å². The van der Waals surface area contributed by atoms with Gasteiger partial charge in [0.15, 0.2) is 0 Å². The SMILES string of the molecule is CC1CCN(C(O)OC(C)(C)C)CC1. The topological polar surface area (TPSA) is 32.7 Å². The second kappa shape index (κ2) is 4.60. The monoisotopic (exact) mass is 201 g/mol. The van der Waals surface area contributed by atoms with E-state index in [0.29, 0.717) is 0 Å². The second-order valence-corrected chi connectivity index (χ2v) is 5.28. The van der Waals surface area contributed by atoms with Crippen LogP contribution in [0, 0.1) is 5.92 Å². The van der Waals surface area contributed by atoms with Gasteiger partial charge >= 0.3 is 0 Å². The van der Waals surface area contributed by atoms with Crippen LogP contribution in [0.4, 0.5) is 0 Å². The predicted molar refractivity (Wildman–Crippen MR) is 56.8 cm³/mol. The minimum absolute atomic E-state index is 0.275. The summed E-state index contributed by atoms with van der Waals surface area (Å²) in [6, 6.07) is 0. The van der Waals surface area contributed by atoms with Crippen LogP contribution in [0.5, 0.6) is 0 Å². The molecule has 1 unspecified atom stereocenters. The predicted octanol–water partition coefficient (Wildman–Crippen LogP) is 1.81. The van der Waals surface area contributed by atoms with Gasteiger partial charge in [-0.05, 0) is 39.5 Å². The van der Waals surface area contributed by atoms with Gasteiger partial charge in [-0.3, -0.25) is 4.90 Å². The molecule has 0 amide bonds. The smallest absolute Gasteiger partial charge is 0.216 e. The van der Waals surface area contributed by atoms with Crippen molar-refractivity contribution in [2.75, 3.05) is 13.1 Å². The molecule has 1 aliphatic rings. The summed E-state index contributed by atoms with van der Waals surface area (Å²) in [5, 5.41) is 9.80. The third-order valence-electron chi connectivity index (χ3n) is 2.59. The summed E-state index contributed by atoms with van der Waals surface area (Å²) < 4.78 is 5.49. The zero-order chi connectivity index (χ0) is 10.8. The summed E-state index contributed by atoms with van der Waals surface area (Å²) >= 11 is 0. The molecule has 1 fully saturated rings. The molecule has 0 aliphatic carbocycles. The number of ether oxygens (including phenoxy) is 1. The largest absolute Gasteiger partial charge is 0.356 e. The van der Waals surface area contributed by atoms with Gasteiger partial charge in [-0.25, -0.2) is 0 Å². The lowest BCUT2D eigenvalue weighted by molar-refractivity contribution is -0.243. The molecule has 0 aromatic rings. The van der Waals surface area contributed by atoms with Crippen LogP contribution in [0.15, 0.2) is 0 Å². The van der Waals surface area contributed by atoms with Gasteiger partial charge in [-0.15, -0.1) is 0 Å². The van der Waals surface area contributed by atoms with Crippen LogP contribution < -0.4 is 0 Å². The number of piperidine rings is 1. The Morgan fingerprint density at radius 1 is 1.29 bits per heavy atom. The Balaban J connectivity index is 2.34. The van der Waals surface area contributed by atoms with E-state index >= 15 is 0 Å². The normalized spacial score (nSPS) is 23.8. The van der Waals surface area contributed by atoms with Crippen molar-refractivity contribution in [2.45, 2.75) is 52.6 Å². The van der Waals surface area contributed by atoms with Crippen LogP contribution in [-0.4, -0.2) is 35.1 Å². The van der Waals surface area contributed by atoms with Crippen molar-refractivity contribution in [1.29, 1.82) is 0 Å². The summed E-state index contributed by atoms with van der Waals surface area (Å²) in [5.41, 5.74) is -0.275. The minimum Gasteiger partial charge on any atom is -0.356 e. The Kier molecular flexibility index (Phi) is 3.93. The number of nitrogens with zero attached hydrogens (tertiary/aromatic N) is 1. The first-order valence-corrected chi connectivity index (χ1v) is 5.48. The molecule has 0 aromatic heterocycles. The third kappa shape index (κ3) is 3.95. The summed E-state index contributed by atoms with van der Waals surface area (Å²) in [5.74, 6) is 0.785. The molecule has 1 atom stereocenters. The van der Waals surface area contributed by atoms with E-state index in [1.165, 1.54) is 0 Å². The maximum absolute atomic E-state index is 9.80. The zero-order valence-corrected chi connectivity index (χ0v) is 9.79.